The van der Waals surface area contributed by atoms with Crippen LogP contribution in [-0.2, 0) is 11.3 Å². The number of aromatic nitrogens is 1. The topological polar surface area (TPSA) is 129 Å². The number of carbonyl (C=O) groups excluding carboxylic acids is 1. The third-order valence-electron chi connectivity index (χ3n) is 5.98. The number of hydrogen-bond acceptors (Lipinski definition) is 5. The molecule has 1 unspecified atom stereocenters. The van der Waals surface area contributed by atoms with E-state index in [9.17, 15) is 19.5 Å². The number of pyridine rings is 1. The molecule has 1 aliphatic rings. The zero-order valence-electron chi connectivity index (χ0n) is 17.9. The van der Waals surface area contributed by atoms with Gasteiger partial charge in [-0.25, -0.2) is 4.79 Å². The molecule has 3 aromatic rings. The van der Waals surface area contributed by atoms with Gasteiger partial charge in [0.15, 0.2) is 0 Å². The van der Waals surface area contributed by atoms with Crippen LogP contribution < -0.4 is 16.6 Å². The highest BCUT2D eigenvalue weighted by Crippen LogP contribution is 2.26. The van der Waals surface area contributed by atoms with E-state index in [0.717, 1.165) is 31.5 Å². The molecule has 33 heavy (non-hydrogen) atoms. The number of carboxylic acids is 1. The Hall–Kier alpha value is -3.20. The van der Waals surface area contributed by atoms with Gasteiger partial charge in [0, 0.05) is 36.1 Å². The highest BCUT2D eigenvalue weighted by Gasteiger charge is 2.30. The molecule has 1 fully saturated rings. The number of carboxylic acid groups (broad SMARTS) is 1. The molecule has 1 saturated heterocycles. The van der Waals surface area contributed by atoms with Crippen LogP contribution in [0.2, 0.25) is 5.02 Å². The van der Waals surface area contributed by atoms with Crippen molar-refractivity contribution in [1.82, 2.24) is 15.2 Å². The van der Waals surface area contributed by atoms with E-state index in [1.165, 1.54) is 6.07 Å². The summed E-state index contributed by atoms with van der Waals surface area (Å²) in [5.41, 5.74) is 6.89. The summed E-state index contributed by atoms with van der Waals surface area (Å²) in [5.74, 6) is -1.49. The van der Waals surface area contributed by atoms with Crippen molar-refractivity contribution in [2.75, 3.05) is 13.1 Å². The molecule has 1 aliphatic heterocycles. The Labute approximate surface area is 195 Å². The molecule has 0 radical (unpaired) electrons. The summed E-state index contributed by atoms with van der Waals surface area (Å²) in [5, 5.41) is 13.1. The van der Waals surface area contributed by atoms with Gasteiger partial charge in [0.1, 0.15) is 11.6 Å². The molecule has 1 aromatic heterocycles. The van der Waals surface area contributed by atoms with Crippen molar-refractivity contribution in [3.63, 3.8) is 0 Å². The van der Waals surface area contributed by atoms with E-state index in [2.05, 4.69) is 15.2 Å². The predicted octanol–water partition coefficient (Wildman–Crippen LogP) is 2.66. The van der Waals surface area contributed by atoms with Gasteiger partial charge in [0.05, 0.1) is 5.52 Å². The Balaban J connectivity index is 1.61. The molecule has 1 atom stereocenters. The molecule has 0 bridgehead atoms. The minimum atomic E-state index is -1.32. The lowest BCUT2D eigenvalue weighted by Crippen LogP contribution is -2.46. The van der Waals surface area contributed by atoms with Crippen molar-refractivity contribution in [3.05, 3.63) is 80.6 Å². The van der Waals surface area contributed by atoms with E-state index in [1.54, 1.807) is 12.1 Å². The van der Waals surface area contributed by atoms with Gasteiger partial charge in [-0.1, -0.05) is 41.9 Å². The Kier molecular flexibility index (Phi) is 6.78. The molecule has 2 aromatic carbocycles. The second-order valence-electron chi connectivity index (χ2n) is 8.25. The van der Waals surface area contributed by atoms with Crippen LogP contribution in [0.25, 0.3) is 10.9 Å². The van der Waals surface area contributed by atoms with E-state index in [0.29, 0.717) is 21.5 Å². The summed E-state index contributed by atoms with van der Waals surface area (Å²) < 4.78 is 0. The number of rotatable bonds is 6. The minimum Gasteiger partial charge on any atom is -0.477 e. The summed E-state index contributed by atoms with van der Waals surface area (Å²) in [7, 11) is 0. The molecule has 1 amide bonds. The third kappa shape index (κ3) is 5.08. The van der Waals surface area contributed by atoms with Gasteiger partial charge < -0.3 is 21.1 Å². The molecule has 0 spiro atoms. The molecule has 2 heterocycles. The first-order valence-corrected chi connectivity index (χ1v) is 11.1. The summed E-state index contributed by atoms with van der Waals surface area (Å²) >= 11 is 6.23. The summed E-state index contributed by atoms with van der Waals surface area (Å²) in [6.45, 7) is 1.56. The van der Waals surface area contributed by atoms with Gasteiger partial charge >= 0.3 is 5.97 Å². The Bertz CT molecular complexity index is 1240. The molecule has 0 aliphatic carbocycles. The lowest BCUT2D eigenvalue weighted by molar-refractivity contribution is -0.127. The number of hydrogen-bond donors (Lipinski definition) is 4. The molecule has 4 rings (SSSR count). The van der Waals surface area contributed by atoms with Gasteiger partial charge in [-0.15, -0.1) is 0 Å². The van der Waals surface area contributed by atoms with Crippen molar-refractivity contribution < 1.29 is 14.7 Å². The largest absolute Gasteiger partial charge is 0.477 e. The number of benzene rings is 2. The van der Waals surface area contributed by atoms with Crippen LogP contribution in [-0.4, -0.2) is 46.0 Å². The van der Waals surface area contributed by atoms with Crippen molar-refractivity contribution in [2.24, 2.45) is 5.73 Å². The van der Waals surface area contributed by atoms with Crippen LogP contribution >= 0.6 is 11.6 Å². The second-order valence-corrected chi connectivity index (χ2v) is 8.69. The summed E-state index contributed by atoms with van der Waals surface area (Å²) in [6.07, 6.45) is 1.64. The van der Waals surface area contributed by atoms with Crippen LogP contribution in [0.4, 0.5) is 0 Å². The Morgan fingerprint density at radius 1 is 1.18 bits per heavy atom. The van der Waals surface area contributed by atoms with Crippen LogP contribution in [0, 0.1) is 0 Å². The zero-order chi connectivity index (χ0) is 23.5. The second kappa shape index (κ2) is 9.74. The number of nitrogens with two attached hydrogens (primary N) is 1. The molecular weight excluding hydrogens is 444 g/mol. The smallest absolute Gasteiger partial charge is 0.341 e. The number of aromatic amines is 1. The number of fused-ring (bicyclic) bond motifs is 1. The van der Waals surface area contributed by atoms with Gasteiger partial charge in [-0.3, -0.25) is 14.5 Å². The first-order valence-electron chi connectivity index (χ1n) is 10.7. The number of likely N-dealkylation sites (tertiary alicyclic amines) is 1. The van der Waals surface area contributed by atoms with Crippen LogP contribution in [0.3, 0.4) is 0 Å². The molecular formula is C24H25ClN4O4. The Morgan fingerprint density at radius 2 is 1.88 bits per heavy atom. The lowest BCUT2D eigenvalue weighted by atomic mass is 9.99. The quantitative estimate of drug-likeness (QED) is 0.440. The van der Waals surface area contributed by atoms with Crippen molar-refractivity contribution in [1.29, 1.82) is 0 Å². The van der Waals surface area contributed by atoms with Gasteiger partial charge in [-0.2, -0.15) is 0 Å². The molecule has 5 N–H and O–H groups in total. The number of H-pyrrole nitrogens is 1. The van der Waals surface area contributed by atoms with Crippen LogP contribution in [0.1, 0.15) is 40.4 Å². The maximum absolute atomic E-state index is 13.4. The van der Waals surface area contributed by atoms with Gasteiger partial charge in [-0.05, 0) is 42.2 Å². The first kappa shape index (κ1) is 23.0. The third-order valence-corrected chi connectivity index (χ3v) is 6.20. The van der Waals surface area contributed by atoms with E-state index in [1.807, 2.05) is 30.3 Å². The predicted molar refractivity (Wildman–Crippen MR) is 126 cm³/mol. The van der Waals surface area contributed by atoms with Crippen LogP contribution in [0.5, 0.6) is 0 Å². The fourth-order valence-electron chi connectivity index (χ4n) is 4.27. The SMILES string of the molecule is NC1CCN(C(C(=O)NCc2cc(Cl)cc3cc(C(=O)O)c(=O)[nH]c23)c2ccccc2)CC1. The highest BCUT2D eigenvalue weighted by molar-refractivity contribution is 6.31. The van der Waals surface area contributed by atoms with E-state index >= 15 is 0 Å². The van der Waals surface area contributed by atoms with E-state index in [4.69, 9.17) is 17.3 Å². The van der Waals surface area contributed by atoms with Crippen molar-refractivity contribution >= 4 is 34.4 Å². The zero-order valence-corrected chi connectivity index (χ0v) is 18.6. The monoisotopic (exact) mass is 468 g/mol. The van der Waals surface area contributed by atoms with Gasteiger partial charge in [0.2, 0.25) is 5.91 Å². The fourth-order valence-corrected chi connectivity index (χ4v) is 4.52. The number of carbonyl (C=O) groups is 2. The number of halogens is 1. The van der Waals surface area contributed by atoms with Crippen molar-refractivity contribution in [3.8, 4) is 0 Å². The first-order chi connectivity index (χ1) is 15.8. The highest BCUT2D eigenvalue weighted by atomic mass is 35.5. The summed E-state index contributed by atoms with van der Waals surface area (Å²) in [4.78, 5) is 41.6. The number of piperidine rings is 1. The maximum atomic E-state index is 13.4. The molecule has 0 saturated carbocycles. The standard InChI is InChI=1S/C24H25ClN4O4/c25-17-10-15-12-19(24(32)33)22(30)28-20(15)16(11-17)13-27-23(31)21(14-4-2-1-3-5-14)29-8-6-18(26)7-9-29/h1-5,10-12,18,21H,6-9,13,26H2,(H,27,31)(H,28,30)(H,32,33). The van der Waals surface area contributed by atoms with Gasteiger partial charge in [0.25, 0.3) is 5.56 Å². The average Bonchev–Trinajstić information content (AvgIpc) is 2.79. The minimum absolute atomic E-state index is 0.120. The molecule has 8 nitrogen and oxygen atoms in total. The normalized spacial score (nSPS) is 15.9. The number of amides is 1. The average molecular weight is 469 g/mol. The maximum Gasteiger partial charge on any atom is 0.341 e. The lowest BCUT2D eigenvalue weighted by Gasteiger charge is -2.36. The van der Waals surface area contributed by atoms with Crippen molar-refractivity contribution in [2.45, 2.75) is 31.5 Å². The number of nitrogens with zero attached hydrogens (tertiary/aromatic N) is 1. The molecule has 9 heteroatoms. The molecule has 172 valence electrons. The van der Waals surface area contributed by atoms with E-state index in [-0.39, 0.29) is 24.1 Å². The van der Waals surface area contributed by atoms with E-state index < -0.39 is 17.6 Å². The number of nitrogens with one attached hydrogen (secondary N) is 2. The Morgan fingerprint density at radius 3 is 2.55 bits per heavy atom. The summed E-state index contributed by atoms with van der Waals surface area (Å²) in [6, 6.07) is 13.8. The number of aromatic carboxylic acids is 1. The van der Waals surface area contributed by atoms with Crippen LogP contribution in [0.15, 0.2) is 53.3 Å². The fraction of sp³-hybridized carbons (Fsp3) is 0.292.